The first-order chi connectivity index (χ1) is 15.6. The van der Waals surface area contributed by atoms with Crippen LogP contribution < -0.4 is 10.5 Å². The maximum Gasteiger partial charge on any atom is 0.262 e. The number of rotatable bonds is 6. The van der Waals surface area contributed by atoms with E-state index in [1.54, 1.807) is 9.08 Å². The molecule has 0 spiro atoms. The van der Waals surface area contributed by atoms with Crippen molar-refractivity contribution in [3.8, 4) is 0 Å². The summed E-state index contributed by atoms with van der Waals surface area (Å²) in [5, 5.41) is 15.4. The smallest absolute Gasteiger partial charge is 0.262 e. The van der Waals surface area contributed by atoms with Gasteiger partial charge in [0, 0.05) is 31.7 Å². The van der Waals surface area contributed by atoms with Gasteiger partial charge in [0.1, 0.15) is 11.5 Å². The van der Waals surface area contributed by atoms with Gasteiger partial charge < -0.3 is 10.0 Å². The maximum atomic E-state index is 13.4. The van der Waals surface area contributed by atoms with Crippen molar-refractivity contribution in [2.45, 2.75) is 19.9 Å². The van der Waals surface area contributed by atoms with Crippen LogP contribution in [-0.2, 0) is 6.54 Å². The van der Waals surface area contributed by atoms with E-state index in [9.17, 15) is 9.90 Å². The van der Waals surface area contributed by atoms with E-state index in [4.69, 9.17) is 9.97 Å². The summed E-state index contributed by atoms with van der Waals surface area (Å²) in [6, 6.07) is 17.2. The van der Waals surface area contributed by atoms with Gasteiger partial charge in [0.15, 0.2) is 5.82 Å². The minimum Gasteiger partial charge on any atom is -0.396 e. The number of hydrogen-bond donors (Lipinski definition) is 1. The second-order valence-electron chi connectivity index (χ2n) is 7.94. The summed E-state index contributed by atoms with van der Waals surface area (Å²) < 4.78 is 3.49. The molecule has 0 amide bonds. The molecule has 0 bridgehead atoms. The minimum absolute atomic E-state index is 0.0973. The predicted octanol–water partition coefficient (Wildman–Crippen LogP) is 2.77. The molecule has 0 aliphatic heterocycles. The number of nitrogens with zero attached hydrogens (tertiary/aromatic N) is 6. The molecule has 0 saturated heterocycles. The highest BCUT2D eigenvalue weighted by Crippen LogP contribution is 2.24. The van der Waals surface area contributed by atoms with Gasteiger partial charge in [-0.25, -0.2) is 14.5 Å². The predicted molar refractivity (Wildman–Crippen MR) is 125 cm³/mol. The zero-order valence-electron chi connectivity index (χ0n) is 18.1. The molecule has 0 aliphatic carbocycles. The van der Waals surface area contributed by atoms with E-state index in [0.29, 0.717) is 29.8 Å². The summed E-state index contributed by atoms with van der Waals surface area (Å²) in [5.41, 5.74) is 3.04. The summed E-state index contributed by atoms with van der Waals surface area (Å²) in [4.78, 5) is 25.0. The van der Waals surface area contributed by atoms with Gasteiger partial charge in [-0.3, -0.25) is 9.36 Å². The number of aryl methyl sites for hydroxylation is 1. The second-order valence-corrected chi connectivity index (χ2v) is 7.94. The summed E-state index contributed by atoms with van der Waals surface area (Å²) in [7, 11) is 1.95. The van der Waals surface area contributed by atoms with Crippen LogP contribution in [-0.4, -0.2) is 49.5 Å². The molecule has 8 nitrogen and oxygen atoms in total. The molecule has 3 aromatic heterocycles. The quantitative estimate of drug-likeness (QED) is 0.447. The summed E-state index contributed by atoms with van der Waals surface area (Å²) >= 11 is 0. The molecule has 0 saturated carbocycles. The number of anilines is 1. The average Bonchev–Trinajstić information content (AvgIpc) is 3.21. The zero-order valence-corrected chi connectivity index (χ0v) is 18.1. The third-order valence-corrected chi connectivity index (χ3v) is 5.64. The highest BCUT2D eigenvalue weighted by atomic mass is 16.3. The van der Waals surface area contributed by atoms with Gasteiger partial charge in [-0.15, -0.1) is 0 Å². The maximum absolute atomic E-state index is 13.4. The van der Waals surface area contributed by atoms with Crippen molar-refractivity contribution < 1.29 is 5.11 Å². The number of aliphatic hydroxyl groups excluding tert-OH is 1. The zero-order chi connectivity index (χ0) is 22.2. The first-order valence-corrected chi connectivity index (χ1v) is 10.6. The molecule has 32 heavy (non-hydrogen) atoms. The molecular weight excluding hydrogens is 404 g/mol. The fourth-order valence-electron chi connectivity index (χ4n) is 4.12. The Balaban J connectivity index is 1.69. The Morgan fingerprint density at radius 2 is 1.78 bits per heavy atom. The Hall–Kier alpha value is -3.78. The molecule has 2 aromatic carbocycles. The Bertz CT molecular complexity index is 1500. The van der Waals surface area contributed by atoms with Gasteiger partial charge in [0.2, 0.25) is 0 Å². The summed E-state index contributed by atoms with van der Waals surface area (Å²) in [5.74, 6) is 1.33. The number of hydrogen-bond acceptors (Lipinski definition) is 6. The monoisotopic (exact) mass is 428 g/mol. The summed E-state index contributed by atoms with van der Waals surface area (Å²) in [6.45, 7) is 2.92. The third-order valence-electron chi connectivity index (χ3n) is 5.64. The molecule has 1 N–H and O–H groups in total. The van der Waals surface area contributed by atoms with Gasteiger partial charge in [-0.2, -0.15) is 5.10 Å². The Labute approximate surface area is 184 Å². The summed E-state index contributed by atoms with van der Waals surface area (Å²) in [6.07, 6.45) is 0.643. The van der Waals surface area contributed by atoms with E-state index in [1.807, 2.05) is 73.5 Å². The van der Waals surface area contributed by atoms with Gasteiger partial charge in [0.25, 0.3) is 5.56 Å². The lowest BCUT2D eigenvalue weighted by Crippen LogP contribution is -2.26. The van der Waals surface area contributed by atoms with E-state index in [1.165, 1.54) is 0 Å². The topological polar surface area (TPSA) is 88.5 Å². The fourth-order valence-corrected chi connectivity index (χ4v) is 4.12. The van der Waals surface area contributed by atoms with Crippen LogP contribution in [0.1, 0.15) is 17.9 Å². The highest BCUT2D eigenvalue weighted by Gasteiger charge is 2.16. The lowest BCUT2D eigenvalue weighted by Gasteiger charge is -2.20. The first kappa shape index (κ1) is 20.1. The second kappa shape index (κ2) is 8.05. The Kier molecular flexibility index (Phi) is 5.07. The van der Waals surface area contributed by atoms with Gasteiger partial charge in [0.05, 0.1) is 28.7 Å². The molecule has 8 heteroatoms. The Morgan fingerprint density at radius 3 is 2.59 bits per heavy atom. The van der Waals surface area contributed by atoms with Crippen molar-refractivity contribution in [1.82, 2.24) is 24.1 Å². The molecule has 0 aliphatic rings. The van der Waals surface area contributed by atoms with Crippen molar-refractivity contribution in [1.29, 1.82) is 0 Å². The normalized spacial score (nSPS) is 11.6. The van der Waals surface area contributed by atoms with Crippen LogP contribution >= 0.6 is 0 Å². The van der Waals surface area contributed by atoms with Crippen molar-refractivity contribution in [3.05, 3.63) is 76.5 Å². The SMILES string of the molecule is Cc1cc2n(Cc3nc(N(C)CCCO)c4ccccc4n3)c(=O)c3ccccc3n2n1. The van der Waals surface area contributed by atoms with E-state index >= 15 is 0 Å². The molecule has 5 rings (SSSR count). The minimum atomic E-state index is -0.0973. The largest absolute Gasteiger partial charge is 0.396 e. The number of fused-ring (bicyclic) bond motifs is 4. The van der Waals surface area contributed by atoms with Crippen LogP contribution in [0.2, 0.25) is 0 Å². The molecule has 0 fully saturated rings. The fraction of sp³-hybridized carbons (Fsp3) is 0.250. The third kappa shape index (κ3) is 3.38. The average molecular weight is 428 g/mol. The first-order valence-electron chi connectivity index (χ1n) is 10.6. The van der Waals surface area contributed by atoms with E-state index in [-0.39, 0.29) is 18.7 Å². The van der Waals surface area contributed by atoms with Crippen molar-refractivity contribution >= 4 is 33.3 Å². The van der Waals surface area contributed by atoms with Crippen LogP contribution in [0, 0.1) is 6.92 Å². The Morgan fingerprint density at radius 1 is 1.03 bits per heavy atom. The molecule has 0 unspecified atom stereocenters. The highest BCUT2D eigenvalue weighted by molar-refractivity contribution is 5.89. The van der Waals surface area contributed by atoms with E-state index in [2.05, 4.69) is 5.10 Å². The number of aromatic nitrogens is 5. The van der Waals surface area contributed by atoms with Crippen LogP contribution in [0.5, 0.6) is 0 Å². The standard InChI is InChI=1S/C24H24N6O2/c1-16-14-22-29(24(32)18-9-4-6-11-20(18)30(22)27-16)15-21-25-19-10-5-3-8-17(19)23(26-21)28(2)12-7-13-31/h3-6,8-11,14,31H,7,12-13,15H2,1-2H3. The molecule has 3 heterocycles. The van der Waals surface area contributed by atoms with Gasteiger partial charge >= 0.3 is 0 Å². The van der Waals surface area contributed by atoms with Gasteiger partial charge in [-0.05, 0) is 37.6 Å². The lowest BCUT2D eigenvalue weighted by atomic mass is 10.2. The number of aliphatic hydroxyl groups is 1. The van der Waals surface area contributed by atoms with Gasteiger partial charge in [-0.1, -0.05) is 24.3 Å². The number of para-hydroxylation sites is 2. The molecule has 0 atom stereocenters. The number of benzene rings is 2. The molecule has 162 valence electrons. The lowest BCUT2D eigenvalue weighted by molar-refractivity contribution is 0.290. The molecule has 5 aromatic rings. The van der Waals surface area contributed by atoms with Crippen LogP contribution in [0.25, 0.3) is 27.5 Å². The molecular formula is C24H24N6O2. The van der Waals surface area contributed by atoms with Crippen molar-refractivity contribution in [3.63, 3.8) is 0 Å². The van der Waals surface area contributed by atoms with E-state index < -0.39 is 0 Å². The molecule has 0 radical (unpaired) electrons. The van der Waals surface area contributed by atoms with Crippen LogP contribution in [0.15, 0.2) is 59.4 Å². The van der Waals surface area contributed by atoms with E-state index in [0.717, 1.165) is 27.9 Å². The van der Waals surface area contributed by atoms with Crippen LogP contribution in [0.3, 0.4) is 0 Å². The van der Waals surface area contributed by atoms with Crippen molar-refractivity contribution in [2.24, 2.45) is 0 Å². The van der Waals surface area contributed by atoms with Crippen molar-refractivity contribution in [2.75, 3.05) is 25.1 Å². The van der Waals surface area contributed by atoms with Crippen LogP contribution in [0.4, 0.5) is 5.82 Å².